The van der Waals surface area contributed by atoms with Crippen molar-refractivity contribution in [3.8, 4) is 5.75 Å². The largest absolute Gasteiger partial charge is 0.494 e. The smallest absolute Gasteiger partial charge is 0.146 e. The Kier molecular flexibility index (Phi) is 2.18. The number of aryl methyl sites for hydroxylation is 1. The first-order chi connectivity index (χ1) is 8.28. The second-order valence-electron chi connectivity index (χ2n) is 4.04. The average Bonchev–Trinajstić information content (AvgIpc) is 2.35. The Balaban J connectivity index is 2.44. The van der Waals surface area contributed by atoms with Crippen LogP contribution in [0.5, 0.6) is 5.75 Å². The molecule has 0 saturated heterocycles. The Labute approximate surface area is 99.1 Å². The molecular weight excluding hydrogens is 212 g/mol. The van der Waals surface area contributed by atoms with Crippen LogP contribution in [-0.4, -0.2) is 17.1 Å². The zero-order chi connectivity index (χ0) is 11.8. The highest BCUT2D eigenvalue weighted by molar-refractivity contribution is 5.89. The van der Waals surface area contributed by atoms with Gasteiger partial charge in [-0.15, -0.1) is 0 Å². The molecule has 3 rings (SSSR count). The summed E-state index contributed by atoms with van der Waals surface area (Å²) in [6, 6.07) is 11.9. The lowest BCUT2D eigenvalue weighted by Crippen LogP contribution is -1.91. The van der Waals surface area contributed by atoms with Crippen LogP contribution in [0.3, 0.4) is 0 Å². The van der Waals surface area contributed by atoms with E-state index in [1.165, 1.54) is 5.56 Å². The van der Waals surface area contributed by atoms with Crippen molar-refractivity contribution in [2.24, 2.45) is 0 Å². The van der Waals surface area contributed by atoms with Gasteiger partial charge in [0.2, 0.25) is 0 Å². The summed E-state index contributed by atoms with van der Waals surface area (Å²) in [6.07, 6.45) is 0. The van der Waals surface area contributed by atoms with E-state index in [2.05, 4.69) is 9.97 Å². The van der Waals surface area contributed by atoms with E-state index in [0.29, 0.717) is 0 Å². The molecule has 0 aliphatic carbocycles. The van der Waals surface area contributed by atoms with Crippen LogP contribution in [0.25, 0.3) is 22.1 Å². The minimum atomic E-state index is 0.762. The molecule has 1 aromatic heterocycles. The first-order valence-corrected chi connectivity index (χ1v) is 5.49. The molecule has 0 N–H and O–H groups in total. The molecule has 0 spiro atoms. The number of nitrogens with zero attached hydrogens (tertiary/aromatic N) is 2. The average molecular weight is 224 g/mol. The van der Waals surface area contributed by atoms with Crippen molar-refractivity contribution in [2.75, 3.05) is 7.11 Å². The van der Waals surface area contributed by atoms with Crippen LogP contribution in [0.4, 0.5) is 0 Å². The van der Waals surface area contributed by atoms with Crippen molar-refractivity contribution in [2.45, 2.75) is 6.92 Å². The Morgan fingerprint density at radius 2 is 1.82 bits per heavy atom. The topological polar surface area (TPSA) is 35.0 Å². The fourth-order valence-electron chi connectivity index (χ4n) is 1.95. The van der Waals surface area contributed by atoms with E-state index < -0.39 is 0 Å². The van der Waals surface area contributed by atoms with E-state index >= 15 is 0 Å². The Morgan fingerprint density at radius 3 is 2.65 bits per heavy atom. The molecule has 3 heteroatoms. The van der Waals surface area contributed by atoms with Crippen LogP contribution in [0, 0.1) is 6.92 Å². The SMILES string of the molecule is COc1cccc2nc3ccc(C)cc3nc12. The monoisotopic (exact) mass is 224 g/mol. The van der Waals surface area contributed by atoms with Gasteiger partial charge in [0.1, 0.15) is 11.3 Å². The van der Waals surface area contributed by atoms with Crippen LogP contribution in [0.1, 0.15) is 5.56 Å². The van der Waals surface area contributed by atoms with Crippen molar-refractivity contribution < 1.29 is 4.74 Å². The number of hydrogen-bond donors (Lipinski definition) is 0. The molecule has 0 fully saturated rings. The second-order valence-corrected chi connectivity index (χ2v) is 4.04. The maximum absolute atomic E-state index is 5.30. The van der Waals surface area contributed by atoms with Gasteiger partial charge in [0.25, 0.3) is 0 Å². The fourth-order valence-corrected chi connectivity index (χ4v) is 1.95. The standard InChI is InChI=1S/C14H12N2O/c1-9-6-7-10-12(8-9)16-14-11(15-10)4-3-5-13(14)17-2/h3-8H,1-2H3. The van der Waals surface area contributed by atoms with Gasteiger partial charge in [0.05, 0.1) is 23.7 Å². The van der Waals surface area contributed by atoms with Gasteiger partial charge < -0.3 is 4.74 Å². The maximum Gasteiger partial charge on any atom is 0.146 e. The highest BCUT2D eigenvalue weighted by Crippen LogP contribution is 2.24. The van der Waals surface area contributed by atoms with Gasteiger partial charge in [-0.3, -0.25) is 0 Å². The number of methoxy groups -OCH3 is 1. The molecule has 17 heavy (non-hydrogen) atoms. The zero-order valence-electron chi connectivity index (χ0n) is 9.77. The van der Waals surface area contributed by atoms with Gasteiger partial charge in [-0.2, -0.15) is 0 Å². The normalized spacial score (nSPS) is 10.9. The number of ether oxygens (including phenoxy) is 1. The number of rotatable bonds is 1. The minimum Gasteiger partial charge on any atom is -0.494 e. The van der Waals surface area contributed by atoms with E-state index in [-0.39, 0.29) is 0 Å². The van der Waals surface area contributed by atoms with Crippen molar-refractivity contribution in [1.82, 2.24) is 9.97 Å². The zero-order valence-corrected chi connectivity index (χ0v) is 9.77. The molecular formula is C14H12N2O. The Morgan fingerprint density at radius 1 is 0.941 bits per heavy atom. The summed E-state index contributed by atoms with van der Waals surface area (Å²) in [5.41, 5.74) is 4.67. The van der Waals surface area contributed by atoms with E-state index in [0.717, 1.165) is 27.8 Å². The minimum absolute atomic E-state index is 0.762. The molecule has 0 unspecified atom stereocenters. The molecule has 0 amide bonds. The highest BCUT2D eigenvalue weighted by atomic mass is 16.5. The van der Waals surface area contributed by atoms with Gasteiger partial charge in [0.15, 0.2) is 0 Å². The lowest BCUT2D eigenvalue weighted by Gasteiger charge is -2.05. The predicted octanol–water partition coefficient (Wildman–Crippen LogP) is 3.10. The molecule has 0 saturated carbocycles. The maximum atomic E-state index is 5.30. The first-order valence-electron chi connectivity index (χ1n) is 5.49. The molecule has 1 heterocycles. The second kappa shape index (κ2) is 3.70. The first kappa shape index (κ1) is 10.0. The third-order valence-corrected chi connectivity index (χ3v) is 2.80. The summed E-state index contributed by atoms with van der Waals surface area (Å²) in [6.45, 7) is 2.05. The van der Waals surface area contributed by atoms with Gasteiger partial charge in [-0.25, -0.2) is 9.97 Å². The Bertz CT molecular complexity index is 707. The predicted molar refractivity (Wildman–Crippen MR) is 68.3 cm³/mol. The molecule has 3 aromatic rings. The summed E-state index contributed by atoms with van der Waals surface area (Å²) < 4.78 is 5.30. The third kappa shape index (κ3) is 1.60. The fraction of sp³-hybridized carbons (Fsp3) is 0.143. The van der Waals surface area contributed by atoms with E-state index in [1.54, 1.807) is 7.11 Å². The highest BCUT2D eigenvalue weighted by Gasteiger charge is 2.05. The molecule has 0 atom stereocenters. The van der Waals surface area contributed by atoms with Crippen molar-refractivity contribution in [3.05, 3.63) is 42.0 Å². The van der Waals surface area contributed by atoms with Gasteiger partial charge in [-0.1, -0.05) is 12.1 Å². The number of benzene rings is 2. The summed E-state index contributed by atoms with van der Waals surface area (Å²) >= 11 is 0. The van der Waals surface area contributed by atoms with Crippen LogP contribution in [-0.2, 0) is 0 Å². The number of para-hydroxylation sites is 1. The van der Waals surface area contributed by atoms with Crippen molar-refractivity contribution in [3.63, 3.8) is 0 Å². The molecule has 0 aliphatic heterocycles. The van der Waals surface area contributed by atoms with Crippen molar-refractivity contribution in [1.29, 1.82) is 0 Å². The van der Waals surface area contributed by atoms with E-state index in [1.807, 2.05) is 43.3 Å². The molecule has 0 aliphatic rings. The molecule has 84 valence electrons. The summed E-state index contributed by atoms with van der Waals surface area (Å²) in [7, 11) is 1.65. The van der Waals surface area contributed by atoms with Crippen LogP contribution in [0.2, 0.25) is 0 Å². The summed E-state index contributed by atoms with van der Waals surface area (Å²) in [5.74, 6) is 0.762. The number of aromatic nitrogens is 2. The van der Waals surface area contributed by atoms with E-state index in [4.69, 9.17) is 4.74 Å². The summed E-state index contributed by atoms with van der Waals surface area (Å²) in [5, 5.41) is 0. The number of fused-ring (bicyclic) bond motifs is 2. The quantitative estimate of drug-likeness (QED) is 0.596. The van der Waals surface area contributed by atoms with Crippen molar-refractivity contribution >= 4 is 22.1 Å². The number of hydrogen-bond acceptors (Lipinski definition) is 3. The molecule has 0 bridgehead atoms. The summed E-state index contributed by atoms with van der Waals surface area (Å²) in [4.78, 5) is 9.21. The molecule has 2 aromatic carbocycles. The lowest BCUT2D eigenvalue weighted by molar-refractivity contribution is 0.419. The van der Waals surface area contributed by atoms with Crippen LogP contribution in [0.15, 0.2) is 36.4 Å². The molecule has 3 nitrogen and oxygen atoms in total. The molecule has 0 radical (unpaired) electrons. The van der Waals surface area contributed by atoms with E-state index in [9.17, 15) is 0 Å². The van der Waals surface area contributed by atoms with Crippen LogP contribution >= 0.6 is 0 Å². The van der Waals surface area contributed by atoms with Crippen LogP contribution < -0.4 is 4.74 Å². The van der Waals surface area contributed by atoms with Gasteiger partial charge in [0, 0.05) is 0 Å². The Hall–Kier alpha value is -2.16. The van der Waals surface area contributed by atoms with Gasteiger partial charge >= 0.3 is 0 Å². The van der Waals surface area contributed by atoms with Gasteiger partial charge in [-0.05, 0) is 36.8 Å². The lowest BCUT2D eigenvalue weighted by atomic mass is 10.2. The third-order valence-electron chi connectivity index (χ3n) is 2.80.